The fourth-order valence-electron chi connectivity index (χ4n) is 2.78. The number of carbonyl (C=O) groups excluding carboxylic acids is 1. The zero-order valence-corrected chi connectivity index (χ0v) is 17.7. The highest BCUT2D eigenvalue weighted by molar-refractivity contribution is 7.92. The Morgan fingerprint density at radius 2 is 2.00 bits per heavy atom. The Morgan fingerprint density at radius 3 is 2.60 bits per heavy atom. The van der Waals surface area contributed by atoms with E-state index in [0.29, 0.717) is 23.5 Å². The Morgan fingerprint density at radius 1 is 1.27 bits per heavy atom. The highest BCUT2D eigenvalue weighted by atomic mass is 35.5. The Labute approximate surface area is 181 Å². The molecule has 0 aliphatic heterocycles. The summed E-state index contributed by atoms with van der Waals surface area (Å²) in [4.78, 5) is 17.0. The molecule has 2 aromatic carbocycles. The van der Waals surface area contributed by atoms with Gasteiger partial charge >= 0.3 is 0 Å². The largest absolute Gasteiger partial charge is 0.476 e. The first kappa shape index (κ1) is 20.8. The van der Waals surface area contributed by atoms with Crippen LogP contribution in [-0.4, -0.2) is 24.6 Å². The molecule has 10 heteroatoms. The van der Waals surface area contributed by atoms with Crippen LogP contribution in [0.2, 0.25) is 5.02 Å². The molecule has 4 rings (SSSR count). The number of hydrogen-bond acceptors (Lipinski definition) is 6. The summed E-state index contributed by atoms with van der Waals surface area (Å²) >= 11 is 7.00. The first-order valence-electron chi connectivity index (χ1n) is 8.92. The van der Waals surface area contributed by atoms with E-state index in [0.717, 1.165) is 6.07 Å². The minimum atomic E-state index is -3.35. The van der Waals surface area contributed by atoms with Crippen molar-refractivity contribution in [1.29, 1.82) is 0 Å². The van der Waals surface area contributed by atoms with Crippen molar-refractivity contribution < 1.29 is 22.3 Å². The fraction of sp³-hybridized carbons (Fsp3) is 0.200. The molecule has 1 heterocycles. The van der Waals surface area contributed by atoms with Crippen molar-refractivity contribution in [2.75, 3.05) is 5.32 Å². The molecule has 0 spiro atoms. The van der Waals surface area contributed by atoms with Gasteiger partial charge in [-0.3, -0.25) is 10.1 Å². The summed E-state index contributed by atoms with van der Waals surface area (Å²) < 4.78 is 44.1. The predicted molar refractivity (Wildman–Crippen MR) is 111 cm³/mol. The molecule has 1 aliphatic rings. The molecule has 1 aromatic heterocycles. The summed E-state index contributed by atoms with van der Waals surface area (Å²) in [6, 6.07) is 9.72. The van der Waals surface area contributed by atoms with Gasteiger partial charge in [0.05, 0.1) is 15.2 Å². The van der Waals surface area contributed by atoms with Crippen molar-refractivity contribution in [3.63, 3.8) is 0 Å². The molecule has 6 nitrogen and oxygen atoms in total. The zero-order valence-electron chi connectivity index (χ0n) is 15.3. The van der Waals surface area contributed by atoms with Crippen LogP contribution in [-0.2, 0) is 14.6 Å². The van der Waals surface area contributed by atoms with Crippen LogP contribution >= 0.6 is 22.9 Å². The van der Waals surface area contributed by atoms with Gasteiger partial charge < -0.3 is 4.74 Å². The number of halogens is 2. The average Bonchev–Trinajstić information content (AvgIpc) is 3.48. The van der Waals surface area contributed by atoms with Gasteiger partial charge in [-0.05, 0) is 37.1 Å². The number of thiazole rings is 1. The molecule has 0 saturated heterocycles. The molecule has 1 N–H and O–H groups in total. The number of ether oxygens (including phenoxy) is 1. The molecule has 0 bridgehead atoms. The van der Waals surface area contributed by atoms with Crippen LogP contribution < -0.4 is 10.1 Å². The minimum Gasteiger partial charge on any atom is -0.476 e. The molecule has 1 radical (unpaired) electrons. The van der Waals surface area contributed by atoms with Crippen LogP contribution in [0.3, 0.4) is 0 Å². The maximum Gasteiger partial charge on any atom is 0.271 e. The fourth-order valence-corrected chi connectivity index (χ4v) is 5.09. The first-order valence-corrected chi connectivity index (χ1v) is 11.7. The van der Waals surface area contributed by atoms with E-state index in [4.69, 9.17) is 16.3 Å². The Balaban J connectivity index is 1.63. The van der Waals surface area contributed by atoms with Crippen LogP contribution in [0, 0.1) is 12.0 Å². The highest BCUT2D eigenvalue weighted by Gasteiger charge is 2.37. The quantitative estimate of drug-likeness (QED) is 0.558. The Hall–Kier alpha value is -2.49. The summed E-state index contributed by atoms with van der Waals surface area (Å²) in [6.07, 6.45) is 2.78. The number of carbonyl (C=O) groups is 1. The molecule has 1 saturated carbocycles. The van der Waals surface area contributed by atoms with Crippen LogP contribution in [0.15, 0.2) is 52.7 Å². The molecule has 1 fully saturated rings. The second kappa shape index (κ2) is 8.33. The summed E-state index contributed by atoms with van der Waals surface area (Å²) in [5, 5.41) is 4.07. The maximum absolute atomic E-state index is 13.5. The second-order valence-corrected chi connectivity index (χ2v) is 10.2. The van der Waals surface area contributed by atoms with E-state index in [-0.39, 0.29) is 20.9 Å². The molecule has 1 atom stereocenters. The second-order valence-electron chi connectivity index (χ2n) is 6.66. The van der Waals surface area contributed by atoms with E-state index in [1.165, 1.54) is 47.7 Å². The SMILES string of the molecule is O=C(Nc1n[c]cs1)C(Oc1ccc(F)c(Cl)c1)c1ccc(S(=O)(=O)C2CC2)cc1. The van der Waals surface area contributed by atoms with E-state index >= 15 is 0 Å². The third-order valence-corrected chi connectivity index (χ3v) is 7.69. The summed E-state index contributed by atoms with van der Waals surface area (Å²) in [5.74, 6) is -0.962. The number of benzene rings is 2. The summed E-state index contributed by atoms with van der Waals surface area (Å²) in [6.45, 7) is 0. The van der Waals surface area contributed by atoms with Gasteiger partial charge in [0.2, 0.25) is 6.10 Å². The number of nitrogens with zero attached hydrogens (tertiary/aromatic N) is 1. The number of anilines is 1. The summed E-state index contributed by atoms with van der Waals surface area (Å²) in [5.41, 5.74) is 0.420. The summed E-state index contributed by atoms with van der Waals surface area (Å²) in [7, 11) is -3.35. The number of hydrogen-bond donors (Lipinski definition) is 1. The first-order chi connectivity index (χ1) is 14.3. The molecule has 1 aliphatic carbocycles. The van der Waals surface area contributed by atoms with E-state index < -0.39 is 27.7 Å². The van der Waals surface area contributed by atoms with Gasteiger partial charge in [0.25, 0.3) is 5.91 Å². The average molecular weight is 466 g/mol. The monoisotopic (exact) mass is 465 g/mol. The lowest BCUT2D eigenvalue weighted by atomic mass is 10.1. The van der Waals surface area contributed by atoms with Crippen molar-refractivity contribution in [2.45, 2.75) is 29.1 Å². The van der Waals surface area contributed by atoms with Gasteiger partial charge in [-0.2, -0.15) is 0 Å². The van der Waals surface area contributed by atoms with Gasteiger partial charge in [-0.1, -0.05) is 23.7 Å². The van der Waals surface area contributed by atoms with Gasteiger partial charge in [0.1, 0.15) is 17.8 Å². The molecule has 155 valence electrons. The lowest BCUT2D eigenvalue weighted by molar-refractivity contribution is -0.123. The van der Waals surface area contributed by atoms with Gasteiger partial charge in [0, 0.05) is 17.0 Å². The van der Waals surface area contributed by atoms with Crippen LogP contribution in [0.4, 0.5) is 9.52 Å². The number of aromatic nitrogens is 1. The molecule has 1 amide bonds. The lowest BCUT2D eigenvalue weighted by Crippen LogP contribution is -2.25. The van der Waals surface area contributed by atoms with Crippen molar-refractivity contribution in [3.8, 4) is 5.75 Å². The molecule has 3 aromatic rings. The number of nitrogens with one attached hydrogen (secondary N) is 1. The van der Waals surface area contributed by atoms with Crippen LogP contribution in [0.5, 0.6) is 5.75 Å². The third kappa shape index (κ3) is 4.48. The van der Waals surface area contributed by atoms with E-state index in [9.17, 15) is 17.6 Å². The van der Waals surface area contributed by atoms with Crippen LogP contribution in [0.1, 0.15) is 24.5 Å². The zero-order chi connectivity index (χ0) is 21.3. The van der Waals surface area contributed by atoms with E-state index in [1.54, 1.807) is 5.38 Å². The normalized spacial score (nSPS) is 14.9. The highest BCUT2D eigenvalue weighted by Crippen LogP contribution is 2.34. The van der Waals surface area contributed by atoms with Crippen LogP contribution in [0.25, 0.3) is 0 Å². The van der Waals surface area contributed by atoms with E-state index in [2.05, 4.69) is 16.5 Å². The third-order valence-electron chi connectivity index (χ3n) is 4.48. The predicted octanol–water partition coefficient (Wildman–Crippen LogP) is 4.43. The number of amides is 1. The van der Waals surface area contributed by atoms with Crippen molar-refractivity contribution >= 4 is 43.8 Å². The van der Waals surface area contributed by atoms with Crippen molar-refractivity contribution in [3.05, 3.63) is 70.4 Å². The molecule has 30 heavy (non-hydrogen) atoms. The molecular weight excluding hydrogens is 451 g/mol. The van der Waals surface area contributed by atoms with E-state index in [1.807, 2.05) is 0 Å². The van der Waals surface area contributed by atoms with Crippen molar-refractivity contribution in [2.24, 2.45) is 0 Å². The Bertz CT molecular complexity index is 1160. The maximum atomic E-state index is 13.5. The molecular formula is C20H15ClFN2O4S2. The van der Waals surface area contributed by atoms with Gasteiger partial charge in [-0.15, -0.1) is 11.3 Å². The Kier molecular flexibility index (Phi) is 5.77. The van der Waals surface area contributed by atoms with Gasteiger partial charge in [0.15, 0.2) is 15.0 Å². The number of sulfone groups is 1. The smallest absolute Gasteiger partial charge is 0.271 e. The molecule has 1 unspecified atom stereocenters. The lowest BCUT2D eigenvalue weighted by Gasteiger charge is -2.19. The van der Waals surface area contributed by atoms with Gasteiger partial charge in [-0.25, -0.2) is 17.8 Å². The standard InChI is InChI=1S/C20H15ClFN2O4S2/c21-16-11-13(3-8-17(16)22)28-18(19(25)24-20-23-9-10-29-20)12-1-4-14(5-2-12)30(26,27)15-6-7-15/h1-5,8,10-11,15,18H,6-7H2,(H,23,24,25). The number of rotatable bonds is 7. The minimum absolute atomic E-state index is 0.146. The van der Waals surface area contributed by atoms with Crippen molar-refractivity contribution in [1.82, 2.24) is 4.98 Å². The topological polar surface area (TPSA) is 85.4 Å².